The number of carbonyl (C=O) groups is 4. The molecule has 1 fully saturated rings. The Labute approximate surface area is 196 Å². The molecule has 184 valence electrons. The van der Waals surface area contributed by atoms with Crippen molar-refractivity contribution in [2.24, 2.45) is 11.7 Å². The molecule has 0 aliphatic carbocycles. The van der Waals surface area contributed by atoms with Crippen molar-refractivity contribution in [3.63, 3.8) is 0 Å². The van der Waals surface area contributed by atoms with Gasteiger partial charge in [0.2, 0.25) is 17.7 Å². The van der Waals surface area contributed by atoms with Crippen molar-refractivity contribution in [2.75, 3.05) is 13.7 Å². The molecule has 1 aliphatic heterocycles. The number of H-pyrrole nitrogens is 1. The lowest BCUT2D eigenvalue weighted by Crippen LogP contribution is -2.54. The van der Waals surface area contributed by atoms with Crippen LogP contribution in [-0.2, 0) is 14.4 Å². The van der Waals surface area contributed by atoms with Crippen LogP contribution in [-0.4, -0.2) is 60.0 Å². The molecule has 0 spiro atoms. The SMILES string of the molecule is COc1cccc2[nH]c(C(=O)NC(CC(C)(C)F)C(=O)NC(C[C@@H]3CCNC3=O)C(N)=O)cc12. The van der Waals surface area contributed by atoms with Crippen LogP contribution in [0.25, 0.3) is 10.9 Å². The van der Waals surface area contributed by atoms with Gasteiger partial charge in [-0.3, -0.25) is 19.2 Å². The second-order valence-corrected chi connectivity index (χ2v) is 9.03. The zero-order valence-corrected chi connectivity index (χ0v) is 19.4. The smallest absolute Gasteiger partial charge is 0.268 e. The molecule has 3 atom stereocenters. The first-order chi connectivity index (χ1) is 16.0. The van der Waals surface area contributed by atoms with E-state index in [1.54, 1.807) is 24.3 Å². The summed E-state index contributed by atoms with van der Waals surface area (Å²) in [5.74, 6) is -2.34. The minimum atomic E-state index is -1.80. The maximum absolute atomic E-state index is 14.5. The van der Waals surface area contributed by atoms with Crippen molar-refractivity contribution < 1.29 is 28.3 Å². The van der Waals surface area contributed by atoms with Crippen LogP contribution in [0.15, 0.2) is 24.3 Å². The molecule has 10 nitrogen and oxygen atoms in total. The van der Waals surface area contributed by atoms with Gasteiger partial charge in [0, 0.05) is 29.8 Å². The zero-order chi connectivity index (χ0) is 25.0. The summed E-state index contributed by atoms with van der Waals surface area (Å²) < 4.78 is 19.8. The predicted molar refractivity (Wildman–Crippen MR) is 123 cm³/mol. The third-order valence-electron chi connectivity index (χ3n) is 5.74. The molecule has 1 aliphatic rings. The summed E-state index contributed by atoms with van der Waals surface area (Å²) in [6, 6.07) is 4.41. The number of nitrogens with two attached hydrogens (primary N) is 1. The van der Waals surface area contributed by atoms with Gasteiger partial charge in [0.05, 0.1) is 7.11 Å². The lowest BCUT2D eigenvalue weighted by atomic mass is 9.96. The summed E-state index contributed by atoms with van der Waals surface area (Å²) in [6.45, 7) is 3.04. The van der Waals surface area contributed by atoms with Crippen LogP contribution in [0.1, 0.15) is 43.6 Å². The van der Waals surface area contributed by atoms with Gasteiger partial charge in [-0.25, -0.2) is 4.39 Å². The van der Waals surface area contributed by atoms with E-state index in [9.17, 15) is 23.6 Å². The van der Waals surface area contributed by atoms with Crippen molar-refractivity contribution >= 4 is 34.5 Å². The van der Waals surface area contributed by atoms with Crippen LogP contribution in [0.3, 0.4) is 0 Å². The van der Waals surface area contributed by atoms with E-state index in [0.717, 1.165) is 0 Å². The fraction of sp³-hybridized carbons (Fsp3) is 0.478. The Morgan fingerprint density at radius 1 is 1.26 bits per heavy atom. The number of alkyl halides is 1. The fourth-order valence-corrected chi connectivity index (χ4v) is 4.03. The number of benzene rings is 1. The van der Waals surface area contributed by atoms with Gasteiger partial charge < -0.3 is 31.4 Å². The Morgan fingerprint density at radius 2 is 2.00 bits per heavy atom. The van der Waals surface area contributed by atoms with Gasteiger partial charge in [-0.15, -0.1) is 0 Å². The van der Waals surface area contributed by atoms with E-state index in [1.165, 1.54) is 21.0 Å². The highest BCUT2D eigenvalue weighted by atomic mass is 19.1. The van der Waals surface area contributed by atoms with Crippen molar-refractivity contribution in [2.45, 2.75) is 50.9 Å². The van der Waals surface area contributed by atoms with E-state index in [0.29, 0.717) is 29.6 Å². The summed E-state index contributed by atoms with van der Waals surface area (Å²) in [5, 5.41) is 8.36. The van der Waals surface area contributed by atoms with Gasteiger partial charge >= 0.3 is 0 Å². The molecule has 6 N–H and O–H groups in total. The number of hydrogen-bond donors (Lipinski definition) is 5. The highest BCUT2D eigenvalue weighted by molar-refractivity contribution is 6.01. The number of aromatic amines is 1. The maximum atomic E-state index is 14.5. The van der Waals surface area contributed by atoms with E-state index in [4.69, 9.17) is 10.5 Å². The number of hydrogen-bond acceptors (Lipinski definition) is 5. The molecule has 0 radical (unpaired) electrons. The first kappa shape index (κ1) is 25.0. The molecular formula is C23H30FN5O5. The standard InChI is InChI=1S/C23H30FN5O5/c1-23(2,24)11-17(22(33)28-15(19(25)30)9-12-7-8-26-20(12)31)29-21(32)16-10-13-14(27-16)5-4-6-18(13)34-3/h4-6,10,12,15,17,27H,7-9,11H2,1-3H3,(H2,25,30)(H,26,31)(H,28,33)(H,29,32)/t12-,15?,17?/m0/s1. The van der Waals surface area contributed by atoms with E-state index in [-0.39, 0.29) is 24.4 Å². The zero-order valence-electron chi connectivity index (χ0n) is 19.4. The first-order valence-corrected chi connectivity index (χ1v) is 11.0. The second-order valence-electron chi connectivity index (χ2n) is 9.03. The predicted octanol–water partition coefficient (Wildman–Crippen LogP) is 0.909. The minimum absolute atomic E-state index is 0.0222. The number of rotatable bonds is 10. The molecule has 2 aromatic rings. The fourth-order valence-electron chi connectivity index (χ4n) is 4.03. The number of primary amides is 1. The van der Waals surface area contributed by atoms with Crippen LogP contribution in [0.2, 0.25) is 0 Å². The van der Waals surface area contributed by atoms with Gasteiger partial charge in [-0.05, 0) is 44.9 Å². The van der Waals surface area contributed by atoms with E-state index in [2.05, 4.69) is 20.9 Å². The first-order valence-electron chi connectivity index (χ1n) is 11.0. The Hall–Kier alpha value is -3.63. The van der Waals surface area contributed by atoms with Gasteiger partial charge in [0.15, 0.2) is 0 Å². The second kappa shape index (κ2) is 10.1. The highest BCUT2D eigenvalue weighted by Crippen LogP contribution is 2.26. The molecule has 1 saturated heterocycles. The normalized spacial score (nSPS) is 17.6. The highest BCUT2D eigenvalue weighted by Gasteiger charge is 2.34. The molecule has 2 unspecified atom stereocenters. The van der Waals surface area contributed by atoms with Crippen molar-refractivity contribution in [3.8, 4) is 5.75 Å². The minimum Gasteiger partial charge on any atom is -0.496 e. The Morgan fingerprint density at radius 3 is 2.59 bits per heavy atom. The summed E-state index contributed by atoms with van der Waals surface area (Å²) >= 11 is 0. The van der Waals surface area contributed by atoms with Crippen molar-refractivity contribution in [3.05, 3.63) is 30.0 Å². The third-order valence-corrected chi connectivity index (χ3v) is 5.74. The topological polar surface area (TPSA) is 155 Å². The average Bonchev–Trinajstić information content (AvgIpc) is 3.37. The summed E-state index contributed by atoms with van der Waals surface area (Å²) in [6.07, 6.45) is 0.192. The Balaban J connectivity index is 1.77. The van der Waals surface area contributed by atoms with Gasteiger partial charge in [-0.2, -0.15) is 0 Å². The lowest BCUT2D eigenvalue weighted by molar-refractivity contribution is -0.130. The maximum Gasteiger partial charge on any atom is 0.268 e. The molecule has 11 heteroatoms. The number of ether oxygens (including phenoxy) is 1. The number of amides is 4. The van der Waals surface area contributed by atoms with E-state index in [1.807, 2.05) is 0 Å². The van der Waals surface area contributed by atoms with Gasteiger partial charge in [-0.1, -0.05) is 6.07 Å². The lowest BCUT2D eigenvalue weighted by Gasteiger charge is -2.26. The van der Waals surface area contributed by atoms with Crippen molar-refractivity contribution in [1.29, 1.82) is 0 Å². The average molecular weight is 476 g/mol. The van der Waals surface area contributed by atoms with Gasteiger partial charge in [0.25, 0.3) is 5.91 Å². The van der Waals surface area contributed by atoms with Crippen LogP contribution in [0.4, 0.5) is 4.39 Å². The number of halogens is 1. The van der Waals surface area contributed by atoms with Crippen molar-refractivity contribution in [1.82, 2.24) is 20.9 Å². The number of methoxy groups -OCH3 is 1. The quantitative estimate of drug-likeness (QED) is 0.345. The van der Waals surface area contributed by atoms with Crippen LogP contribution in [0.5, 0.6) is 5.75 Å². The summed E-state index contributed by atoms with van der Waals surface area (Å²) in [7, 11) is 1.51. The number of aromatic nitrogens is 1. The monoisotopic (exact) mass is 475 g/mol. The molecule has 4 amide bonds. The molecule has 1 aromatic heterocycles. The Kier molecular flexibility index (Phi) is 7.43. The van der Waals surface area contributed by atoms with E-state index >= 15 is 0 Å². The Bertz CT molecular complexity index is 1090. The molecule has 1 aromatic carbocycles. The van der Waals surface area contributed by atoms with Gasteiger partial charge in [0.1, 0.15) is 29.2 Å². The van der Waals surface area contributed by atoms with Crippen LogP contribution < -0.4 is 26.4 Å². The largest absolute Gasteiger partial charge is 0.496 e. The molecular weight excluding hydrogens is 445 g/mol. The van der Waals surface area contributed by atoms with E-state index < -0.39 is 41.4 Å². The summed E-state index contributed by atoms with van der Waals surface area (Å²) in [5.41, 5.74) is 4.44. The molecule has 0 saturated carbocycles. The summed E-state index contributed by atoms with van der Waals surface area (Å²) in [4.78, 5) is 52.7. The number of carbonyl (C=O) groups excluding carboxylic acids is 4. The molecule has 2 heterocycles. The molecule has 3 rings (SSSR count). The molecule has 34 heavy (non-hydrogen) atoms. The number of fused-ring (bicyclic) bond motifs is 1. The van der Waals surface area contributed by atoms with Crippen LogP contribution in [0, 0.1) is 5.92 Å². The number of nitrogens with one attached hydrogen (secondary N) is 4. The molecule has 0 bridgehead atoms. The third kappa shape index (κ3) is 6.03. The van der Waals surface area contributed by atoms with Crippen LogP contribution >= 0.6 is 0 Å².